The summed E-state index contributed by atoms with van der Waals surface area (Å²) in [7, 11) is 0. The van der Waals surface area contributed by atoms with E-state index in [1.165, 1.54) is 17.3 Å². The molecule has 1 aliphatic rings. The van der Waals surface area contributed by atoms with Gasteiger partial charge in [-0.3, -0.25) is 0 Å². The van der Waals surface area contributed by atoms with Crippen LogP contribution in [0.15, 0.2) is 59.3 Å². The molecule has 1 aliphatic carbocycles. The van der Waals surface area contributed by atoms with Crippen molar-refractivity contribution in [1.82, 2.24) is 0 Å². The van der Waals surface area contributed by atoms with Gasteiger partial charge in [0.15, 0.2) is 0 Å². The average Bonchev–Trinajstić information content (AvgIpc) is 2.54. The fraction of sp³-hybridized carbons (Fsp3) is 0.167. The van der Waals surface area contributed by atoms with E-state index in [0.717, 1.165) is 29.7 Å². The van der Waals surface area contributed by atoms with E-state index >= 15 is 0 Å². The van der Waals surface area contributed by atoms with Gasteiger partial charge in [-0.05, 0) is 53.3 Å². The number of rotatable bonds is 4. The molecular weight excluding hydrogens is 262 g/mol. The molecule has 3 nitrogen and oxygen atoms in total. The van der Waals surface area contributed by atoms with E-state index in [9.17, 15) is 0 Å². The number of benzene rings is 2. The van der Waals surface area contributed by atoms with E-state index in [1.807, 2.05) is 24.3 Å². The fourth-order valence-corrected chi connectivity index (χ4v) is 2.50. The molecule has 1 N–H and O–H groups in total. The molecule has 3 rings (SSSR count). The Balaban J connectivity index is 1.72. The number of ether oxygens (including phenoxy) is 1. The summed E-state index contributed by atoms with van der Waals surface area (Å²) in [5.74, 6) is 0.894. The van der Waals surface area contributed by atoms with Crippen molar-refractivity contribution in [3.8, 4) is 5.75 Å². The molecule has 2 aromatic rings. The minimum Gasteiger partial charge on any atom is -0.489 e. The SMILES string of the molecule is ON=CC1=Cc2ccc(OCc3ccccc3)cc2CC1. The molecule has 0 atom stereocenters. The number of allylic oxidation sites excluding steroid dienone is 1. The third-order valence-corrected chi connectivity index (χ3v) is 3.61. The van der Waals surface area contributed by atoms with Crippen LogP contribution in [0.5, 0.6) is 5.75 Å². The molecular formula is C18H17NO2. The predicted molar refractivity (Wildman–Crippen MR) is 83.8 cm³/mol. The molecule has 0 saturated carbocycles. The molecule has 0 unspecified atom stereocenters. The molecule has 0 heterocycles. The van der Waals surface area contributed by atoms with Gasteiger partial charge in [-0.15, -0.1) is 0 Å². The van der Waals surface area contributed by atoms with Gasteiger partial charge in [0, 0.05) is 0 Å². The van der Waals surface area contributed by atoms with Crippen LogP contribution in [0.3, 0.4) is 0 Å². The van der Waals surface area contributed by atoms with Crippen LogP contribution in [0.25, 0.3) is 6.08 Å². The van der Waals surface area contributed by atoms with Gasteiger partial charge in [0.25, 0.3) is 0 Å². The van der Waals surface area contributed by atoms with Gasteiger partial charge < -0.3 is 9.94 Å². The zero-order chi connectivity index (χ0) is 14.5. The summed E-state index contributed by atoms with van der Waals surface area (Å²) in [4.78, 5) is 0. The lowest BCUT2D eigenvalue weighted by molar-refractivity contribution is 0.306. The van der Waals surface area contributed by atoms with E-state index in [-0.39, 0.29) is 0 Å². The normalized spacial score (nSPS) is 13.8. The van der Waals surface area contributed by atoms with E-state index in [2.05, 4.69) is 35.5 Å². The molecule has 2 aromatic carbocycles. The first-order chi connectivity index (χ1) is 10.3. The van der Waals surface area contributed by atoms with Gasteiger partial charge in [-0.1, -0.05) is 41.6 Å². The molecule has 21 heavy (non-hydrogen) atoms. The van der Waals surface area contributed by atoms with Gasteiger partial charge in [0.1, 0.15) is 12.4 Å². The smallest absolute Gasteiger partial charge is 0.120 e. The van der Waals surface area contributed by atoms with Crippen molar-refractivity contribution < 1.29 is 9.94 Å². The number of fused-ring (bicyclic) bond motifs is 1. The van der Waals surface area contributed by atoms with Gasteiger partial charge in [0.05, 0.1) is 6.21 Å². The number of hydrogen-bond acceptors (Lipinski definition) is 3. The highest BCUT2D eigenvalue weighted by molar-refractivity contribution is 5.86. The van der Waals surface area contributed by atoms with Crippen molar-refractivity contribution in [2.45, 2.75) is 19.4 Å². The maximum absolute atomic E-state index is 8.60. The molecule has 0 saturated heterocycles. The second-order valence-electron chi connectivity index (χ2n) is 5.10. The predicted octanol–water partition coefficient (Wildman–Crippen LogP) is 4.06. The first kappa shape index (κ1) is 13.4. The highest BCUT2D eigenvalue weighted by Gasteiger charge is 2.10. The van der Waals surface area contributed by atoms with E-state index in [4.69, 9.17) is 9.94 Å². The van der Waals surface area contributed by atoms with Crippen LogP contribution >= 0.6 is 0 Å². The molecule has 0 aromatic heterocycles. The summed E-state index contributed by atoms with van der Waals surface area (Å²) in [5, 5.41) is 11.7. The standard InChI is InChI=1S/C18H17NO2/c20-19-12-15-6-7-17-11-18(9-8-16(17)10-15)21-13-14-4-2-1-3-5-14/h1-5,8-12,20H,6-7,13H2. The molecule has 0 aliphatic heterocycles. The third kappa shape index (κ3) is 3.31. The molecule has 3 heteroatoms. The van der Waals surface area contributed by atoms with Crippen LogP contribution in [-0.4, -0.2) is 11.4 Å². The zero-order valence-electron chi connectivity index (χ0n) is 11.7. The van der Waals surface area contributed by atoms with Crippen molar-refractivity contribution in [1.29, 1.82) is 0 Å². The fourth-order valence-electron chi connectivity index (χ4n) is 2.50. The first-order valence-electron chi connectivity index (χ1n) is 7.03. The Labute approximate surface area is 124 Å². The van der Waals surface area contributed by atoms with Crippen LogP contribution in [0.1, 0.15) is 23.1 Å². The van der Waals surface area contributed by atoms with Gasteiger partial charge in [-0.25, -0.2) is 0 Å². The molecule has 0 spiro atoms. The van der Waals surface area contributed by atoms with Crippen LogP contribution < -0.4 is 4.74 Å². The van der Waals surface area contributed by atoms with Gasteiger partial charge in [-0.2, -0.15) is 0 Å². The lowest BCUT2D eigenvalue weighted by Crippen LogP contribution is -2.02. The summed E-state index contributed by atoms with van der Waals surface area (Å²) < 4.78 is 5.85. The van der Waals surface area contributed by atoms with Crippen molar-refractivity contribution in [3.63, 3.8) is 0 Å². The Hall–Kier alpha value is -2.55. The monoisotopic (exact) mass is 279 g/mol. The second kappa shape index (κ2) is 6.27. The molecule has 106 valence electrons. The molecule has 0 amide bonds. The Kier molecular flexibility index (Phi) is 4.01. The van der Waals surface area contributed by atoms with Crippen molar-refractivity contribution >= 4 is 12.3 Å². The molecule has 0 radical (unpaired) electrons. The molecule has 0 bridgehead atoms. The summed E-state index contributed by atoms with van der Waals surface area (Å²) in [6.07, 6.45) is 5.39. The quantitative estimate of drug-likeness (QED) is 0.521. The third-order valence-electron chi connectivity index (χ3n) is 3.61. The Morgan fingerprint density at radius 2 is 1.95 bits per heavy atom. The van der Waals surface area contributed by atoms with Crippen LogP contribution in [0.4, 0.5) is 0 Å². The highest BCUT2D eigenvalue weighted by atomic mass is 16.5. The van der Waals surface area contributed by atoms with Crippen LogP contribution in [0, 0.1) is 0 Å². The van der Waals surface area contributed by atoms with Crippen molar-refractivity contribution in [2.24, 2.45) is 5.16 Å². The lowest BCUT2D eigenvalue weighted by Gasteiger charge is -2.15. The van der Waals surface area contributed by atoms with Gasteiger partial charge >= 0.3 is 0 Å². The lowest BCUT2D eigenvalue weighted by atomic mass is 9.92. The summed E-state index contributed by atoms with van der Waals surface area (Å²) in [6.45, 7) is 0.581. The second-order valence-corrected chi connectivity index (χ2v) is 5.10. The van der Waals surface area contributed by atoms with Gasteiger partial charge in [0.2, 0.25) is 0 Å². The summed E-state index contributed by atoms with van der Waals surface area (Å²) in [5.41, 5.74) is 4.65. The van der Waals surface area contributed by atoms with E-state index in [1.54, 1.807) is 0 Å². The zero-order valence-corrected chi connectivity index (χ0v) is 11.7. The van der Waals surface area contributed by atoms with E-state index in [0.29, 0.717) is 6.61 Å². The minimum atomic E-state index is 0.581. The summed E-state index contributed by atoms with van der Waals surface area (Å²) >= 11 is 0. The highest BCUT2D eigenvalue weighted by Crippen LogP contribution is 2.27. The van der Waals surface area contributed by atoms with Crippen molar-refractivity contribution in [3.05, 3.63) is 70.8 Å². The van der Waals surface area contributed by atoms with Crippen LogP contribution in [0.2, 0.25) is 0 Å². The number of aryl methyl sites for hydroxylation is 1. The largest absolute Gasteiger partial charge is 0.489 e. The number of hydrogen-bond donors (Lipinski definition) is 1. The van der Waals surface area contributed by atoms with Crippen molar-refractivity contribution in [2.75, 3.05) is 0 Å². The maximum Gasteiger partial charge on any atom is 0.120 e. The summed E-state index contributed by atoms with van der Waals surface area (Å²) in [6, 6.07) is 16.3. The topological polar surface area (TPSA) is 41.8 Å². The maximum atomic E-state index is 8.60. The average molecular weight is 279 g/mol. The first-order valence-corrected chi connectivity index (χ1v) is 7.03. The minimum absolute atomic E-state index is 0.581. The molecule has 0 fully saturated rings. The number of nitrogens with zero attached hydrogens (tertiary/aromatic N) is 1. The Morgan fingerprint density at radius 3 is 2.76 bits per heavy atom. The van der Waals surface area contributed by atoms with Crippen LogP contribution in [-0.2, 0) is 13.0 Å². The number of oxime groups is 1. The Morgan fingerprint density at radius 1 is 1.10 bits per heavy atom. The Bertz CT molecular complexity index is 675. The van der Waals surface area contributed by atoms with E-state index < -0.39 is 0 Å².